The van der Waals surface area contributed by atoms with Gasteiger partial charge in [0.25, 0.3) is 11.1 Å². The van der Waals surface area contributed by atoms with E-state index in [2.05, 4.69) is 0 Å². The lowest BCUT2D eigenvalue weighted by molar-refractivity contribution is -0.123. The van der Waals surface area contributed by atoms with Crippen LogP contribution in [0.2, 0.25) is 10.0 Å². The Labute approximate surface area is 233 Å². The summed E-state index contributed by atoms with van der Waals surface area (Å²) in [5, 5.41) is 0.255. The Morgan fingerprint density at radius 3 is 2.29 bits per heavy atom. The van der Waals surface area contributed by atoms with Crippen LogP contribution in [0.4, 0.5) is 4.79 Å². The standard InChI is InChI=1S/C27H21Cl2NO7S/c1-34-19-7-3-17(4-8-19)26(32)37-24-21(29)13-16(14-22(24)35-2)15-23-25(31)30(27(33)38-23)11-12-36-20-9-5-18(28)6-10-20/h3-10,13-15H,11-12H2,1-2H3/b23-15-. The normalized spacial score (nSPS) is 14.1. The number of imide groups is 1. The fourth-order valence-corrected chi connectivity index (χ4v) is 4.68. The fourth-order valence-electron chi connectivity index (χ4n) is 3.43. The molecule has 1 fully saturated rings. The van der Waals surface area contributed by atoms with Crippen LogP contribution < -0.4 is 18.9 Å². The minimum atomic E-state index is -0.637. The molecule has 2 amide bonds. The molecule has 38 heavy (non-hydrogen) atoms. The third-order valence-electron chi connectivity index (χ3n) is 5.34. The van der Waals surface area contributed by atoms with Crippen LogP contribution in [0.15, 0.2) is 65.6 Å². The zero-order valence-electron chi connectivity index (χ0n) is 20.2. The van der Waals surface area contributed by atoms with Crippen molar-refractivity contribution in [3.05, 3.63) is 86.7 Å². The van der Waals surface area contributed by atoms with E-state index in [9.17, 15) is 14.4 Å². The molecule has 0 aliphatic carbocycles. The second-order valence-corrected chi connectivity index (χ2v) is 9.62. The Balaban J connectivity index is 1.45. The summed E-state index contributed by atoms with van der Waals surface area (Å²) in [6.07, 6.45) is 1.52. The van der Waals surface area contributed by atoms with E-state index in [1.54, 1.807) is 54.6 Å². The largest absolute Gasteiger partial charge is 0.497 e. The minimum absolute atomic E-state index is 0.0274. The van der Waals surface area contributed by atoms with Crippen molar-refractivity contribution in [1.29, 1.82) is 0 Å². The molecule has 3 aromatic rings. The highest BCUT2D eigenvalue weighted by Crippen LogP contribution is 2.39. The first-order valence-corrected chi connectivity index (χ1v) is 12.7. The molecule has 0 N–H and O–H groups in total. The van der Waals surface area contributed by atoms with E-state index in [-0.39, 0.29) is 34.6 Å². The molecule has 0 aromatic heterocycles. The van der Waals surface area contributed by atoms with Gasteiger partial charge in [-0.2, -0.15) is 0 Å². The molecule has 1 aliphatic rings. The highest BCUT2D eigenvalue weighted by molar-refractivity contribution is 8.18. The summed E-state index contributed by atoms with van der Waals surface area (Å²) >= 11 is 13.1. The van der Waals surface area contributed by atoms with Gasteiger partial charge in [-0.15, -0.1) is 0 Å². The first-order valence-electron chi connectivity index (χ1n) is 11.2. The number of esters is 1. The number of ether oxygens (including phenoxy) is 4. The van der Waals surface area contributed by atoms with Gasteiger partial charge in [0, 0.05) is 5.02 Å². The van der Waals surface area contributed by atoms with Crippen molar-refractivity contribution in [2.45, 2.75) is 0 Å². The van der Waals surface area contributed by atoms with Gasteiger partial charge in [-0.3, -0.25) is 14.5 Å². The first-order chi connectivity index (χ1) is 18.3. The lowest BCUT2D eigenvalue weighted by Crippen LogP contribution is -2.32. The van der Waals surface area contributed by atoms with Crippen molar-refractivity contribution in [2.75, 3.05) is 27.4 Å². The van der Waals surface area contributed by atoms with Crippen molar-refractivity contribution < 1.29 is 33.3 Å². The minimum Gasteiger partial charge on any atom is -0.497 e. The van der Waals surface area contributed by atoms with Gasteiger partial charge in [0.15, 0.2) is 11.5 Å². The number of carbonyl (C=O) groups is 3. The van der Waals surface area contributed by atoms with E-state index in [4.69, 9.17) is 42.1 Å². The highest BCUT2D eigenvalue weighted by atomic mass is 35.5. The van der Waals surface area contributed by atoms with Crippen LogP contribution in [0.3, 0.4) is 0 Å². The van der Waals surface area contributed by atoms with E-state index < -0.39 is 17.1 Å². The molecule has 8 nitrogen and oxygen atoms in total. The lowest BCUT2D eigenvalue weighted by atomic mass is 10.1. The number of rotatable bonds is 9. The van der Waals surface area contributed by atoms with Gasteiger partial charge in [0.1, 0.15) is 18.1 Å². The van der Waals surface area contributed by atoms with Crippen LogP contribution >= 0.6 is 35.0 Å². The smallest absolute Gasteiger partial charge is 0.343 e. The maximum Gasteiger partial charge on any atom is 0.343 e. The number of nitrogens with zero attached hydrogens (tertiary/aromatic N) is 1. The SMILES string of the molecule is COc1ccc(C(=O)Oc2c(Cl)cc(/C=C3\SC(=O)N(CCOc4ccc(Cl)cc4)C3=O)cc2OC)cc1. The van der Waals surface area contributed by atoms with Crippen LogP contribution in [0.5, 0.6) is 23.0 Å². The average Bonchev–Trinajstić information content (AvgIpc) is 3.18. The molecule has 0 atom stereocenters. The number of methoxy groups -OCH3 is 2. The second-order valence-electron chi connectivity index (χ2n) is 7.79. The maximum absolute atomic E-state index is 12.9. The zero-order chi connectivity index (χ0) is 27.2. The molecule has 0 saturated carbocycles. The number of hydrogen-bond acceptors (Lipinski definition) is 8. The zero-order valence-corrected chi connectivity index (χ0v) is 22.6. The van der Waals surface area contributed by atoms with E-state index in [0.717, 1.165) is 16.7 Å². The number of halogens is 2. The van der Waals surface area contributed by atoms with Gasteiger partial charge >= 0.3 is 5.97 Å². The van der Waals surface area contributed by atoms with Gasteiger partial charge in [0.05, 0.1) is 36.3 Å². The molecule has 0 radical (unpaired) electrons. The Morgan fingerprint density at radius 1 is 0.947 bits per heavy atom. The average molecular weight is 574 g/mol. The summed E-state index contributed by atoms with van der Waals surface area (Å²) in [6, 6.07) is 16.2. The number of amides is 2. The number of benzene rings is 3. The van der Waals surface area contributed by atoms with E-state index in [0.29, 0.717) is 27.6 Å². The molecule has 196 valence electrons. The van der Waals surface area contributed by atoms with Crippen molar-refractivity contribution in [1.82, 2.24) is 4.90 Å². The quantitative estimate of drug-likeness (QED) is 0.166. The predicted molar refractivity (Wildman–Crippen MR) is 146 cm³/mol. The molecule has 0 bridgehead atoms. The van der Waals surface area contributed by atoms with Crippen molar-refractivity contribution in [2.24, 2.45) is 0 Å². The van der Waals surface area contributed by atoms with Crippen molar-refractivity contribution in [3.8, 4) is 23.0 Å². The summed E-state index contributed by atoms with van der Waals surface area (Å²) in [4.78, 5) is 39.2. The van der Waals surface area contributed by atoms with Gasteiger partial charge < -0.3 is 18.9 Å². The van der Waals surface area contributed by atoms with Crippen LogP contribution in [0, 0.1) is 0 Å². The van der Waals surface area contributed by atoms with Crippen LogP contribution in [-0.4, -0.2) is 49.4 Å². The maximum atomic E-state index is 12.9. The molecule has 11 heteroatoms. The molecular weight excluding hydrogens is 553 g/mol. The molecular formula is C27H21Cl2NO7S. The Hall–Kier alpha value is -3.66. The van der Waals surface area contributed by atoms with Crippen LogP contribution in [0.25, 0.3) is 6.08 Å². The van der Waals surface area contributed by atoms with Crippen LogP contribution in [0.1, 0.15) is 15.9 Å². The Kier molecular flexibility index (Phi) is 8.83. The predicted octanol–water partition coefficient (Wildman–Crippen LogP) is 6.35. The molecule has 1 heterocycles. The number of hydrogen-bond donors (Lipinski definition) is 0. The Morgan fingerprint density at radius 2 is 1.63 bits per heavy atom. The monoisotopic (exact) mass is 573 g/mol. The highest BCUT2D eigenvalue weighted by Gasteiger charge is 2.35. The van der Waals surface area contributed by atoms with Crippen molar-refractivity contribution in [3.63, 3.8) is 0 Å². The van der Waals surface area contributed by atoms with Gasteiger partial charge in [-0.05, 0) is 84.1 Å². The van der Waals surface area contributed by atoms with E-state index in [1.807, 2.05) is 0 Å². The van der Waals surface area contributed by atoms with Gasteiger partial charge in [-0.25, -0.2) is 4.79 Å². The topological polar surface area (TPSA) is 91.4 Å². The third kappa shape index (κ3) is 6.42. The number of carbonyl (C=O) groups excluding carboxylic acids is 3. The molecule has 1 saturated heterocycles. The third-order valence-corrected chi connectivity index (χ3v) is 6.78. The van der Waals surface area contributed by atoms with E-state index >= 15 is 0 Å². The number of thioether (sulfide) groups is 1. The Bertz CT molecular complexity index is 1390. The molecule has 1 aliphatic heterocycles. The van der Waals surface area contributed by atoms with E-state index in [1.165, 1.54) is 26.4 Å². The summed E-state index contributed by atoms with van der Waals surface area (Å²) in [5.74, 6) is 0.291. The second kappa shape index (κ2) is 12.3. The van der Waals surface area contributed by atoms with Crippen LogP contribution in [-0.2, 0) is 4.79 Å². The molecule has 3 aromatic carbocycles. The summed E-state index contributed by atoms with van der Waals surface area (Å²) in [5.41, 5.74) is 0.778. The molecule has 0 unspecified atom stereocenters. The summed E-state index contributed by atoms with van der Waals surface area (Å²) in [6.45, 7) is 0.204. The lowest BCUT2D eigenvalue weighted by Gasteiger charge is -2.13. The first kappa shape index (κ1) is 27.4. The molecule has 4 rings (SSSR count). The fraction of sp³-hybridized carbons (Fsp3) is 0.148. The molecule has 0 spiro atoms. The summed E-state index contributed by atoms with van der Waals surface area (Å²) < 4.78 is 21.5. The van der Waals surface area contributed by atoms with Crippen molar-refractivity contribution >= 4 is 58.2 Å². The van der Waals surface area contributed by atoms with Gasteiger partial charge in [0.2, 0.25) is 0 Å². The van der Waals surface area contributed by atoms with Gasteiger partial charge in [-0.1, -0.05) is 23.2 Å². The summed E-state index contributed by atoms with van der Waals surface area (Å²) in [7, 11) is 2.92.